The van der Waals surface area contributed by atoms with Gasteiger partial charge in [-0.2, -0.15) is 0 Å². The van der Waals surface area contributed by atoms with E-state index >= 15 is 0 Å². The molecule has 0 fully saturated rings. The smallest absolute Gasteiger partial charge is 0.355 e. The number of aromatic carboxylic acids is 1. The van der Waals surface area contributed by atoms with Crippen molar-refractivity contribution in [2.75, 3.05) is 11.9 Å². The summed E-state index contributed by atoms with van der Waals surface area (Å²) in [6.45, 7) is 9.83. The highest BCUT2D eigenvalue weighted by Crippen LogP contribution is 2.27. The highest BCUT2D eigenvalue weighted by atomic mass is 35.5. The van der Waals surface area contributed by atoms with Crippen molar-refractivity contribution in [2.24, 2.45) is 0 Å². The summed E-state index contributed by atoms with van der Waals surface area (Å²) in [5, 5.41) is 13.8. The molecule has 23 heavy (non-hydrogen) atoms. The number of halogens is 1. The molecule has 0 aromatic carbocycles. The fourth-order valence-corrected chi connectivity index (χ4v) is 2.65. The summed E-state index contributed by atoms with van der Waals surface area (Å²) in [6.07, 6.45) is 3.16. The van der Waals surface area contributed by atoms with Crippen LogP contribution in [0, 0.1) is 0 Å². The number of fused-ring (bicyclic) bond motifs is 1. The molecule has 0 aliphatic rings. The number of pyridine rings is 1. The van der Waals surface area contributed by atoms with Crippen molar-refractivity contribution in [2.45, 2.75) is 6.92 Å². The Balaban J connectivity index is 2.40. The van der Waals surface area contributed by atoms with Crippen LogP contribution in [0.5, 0.6) is 0 Å². The first-order valence-corrected chi connectivity index (χ1v) is 7.71. The van der Waals surface area contributed by atoms with E-state index in [1.54, 1.807) is 31.5 Å². The molecular weight excluding hydrogens is 333 g/mol. The molecule has 2 rings (SSSR count). The molecule has 0 aliphatic heterocycles. The molecule has 2 aromatic rings. The van der Waals surface area contributed by atoms with Crippen LogP contribution in [0.15, 0.2) is 59.2 Å². The Morgan fingerprint density at radius 1 is 1.48 bits per heavy atom. The van der Waals surface area contributed by atoms with E-state index in [1.807, 2.05) is 0 Å². The summed E-state index contributed by atoms with van der Waals surface area (Å²) in [5.74, 6) is -1.04. The van der Waals surface area contributed by atoms with Gasteiger partial charge in [0.2, 0.25) is 0 Å². The van der Waals surface area contributed by atoms with Crippen molar-refractivity contribution >= 4 is 38.1 Å². The number of imidazole rings is 1. The fraction of sp³-hybridized carbons (Fsp3) is 0.125. The third kappa shape index (κ3) is 3.63. The molecule has 2 N–H and O–H groups in total. The van der Waals surface area contributed by atoms with Gasteiger partial charge < -0.3 is 10.4 Å². The van der Waals surface area contributed by atoms with E-state index < -0.39 is 5.97 Å². The number of rotatable bonds is 6. The molecule has 1 unspecified atom stereocenters. The number of aromatic nitrogens is 2. The van der Waals surface area contributed by atoms with Gasteiger partial charge in [0, 0.05) is 24.0 Å². The molecule has 2 heterocycles. The predicted molar refractivity (Wildman–Crippen MR) is 97.2 cm³/mol. The first-order chi connectivity index (χ1) is 10.8. The second-order valence-corrected chi connectivity index (χ2v) is 6.08. The Kier molecular flexibility index (Phi) is 5.24. The molecule has 0 bridgehead atoms. The summed E-state index contributed by atoms with van der Waals surface area (Å²) in [7, 11) is 2.50. The SMILES string of the molecule is C=C(C)/C(Cl)=C(/CNc1ccc2nccn2c1C(=O)O)C(=C)P. The number of nitrogens with one attached hydrogen (secondary N) is 1. The Morgan fingerprint density at radius 2 is 2.17 bits per heavy atom. The maximum atomic E-state index is 11.6. The van der Waals surface area contributed by atoms with Crippen molar-refractivity contribution < 1.29 is 9.90 Å². The number of nitrogens with zero attached hydrogens (tertiary/aromatic N) is 2. The molecule has 2 aromatic heterocycles. The monoisotopic (exact) mass is 349 g/mol. The van der Waals surface area contributed by atoms with Crippen molar-refractivity contribution in [3.05, 3.63) is 64.9 Å². The van der Waals surface area contributed by atoms with Crippen LogP contribution in [0.3, 0.4) is 0 Å². The largest absolute Gasteiger partial charge is 0.476 e. The lowest BCUT2D eigenvalue weighted by Crippen LogP contribution is -2.13. The van der Waals surface area contributed by atoms with Crippen molar-refractivity contribution in [3.63, 3.8) is 0 Å². The number of allylic oxidation sites excluding steroid dienone is 2. The van der Waals surface area contributed by atoms with Crippen molar-refractivity contribution in [1.29, 1.82) is 0 Å². The molecule has 5 nitrogen and oxygen atoms in total. The lowest BCUT2D eigenvalue weighted by atomic mass is 10.1. The summed E-state index contributed by atoms with van der Waals surface area (Å²) >= 11 is 6.26. The van der Waals surface area contributed by atoms with Crippen LogP contribution in [0.1, 0.15) is 17.4 Å². The third-order valence-corrected chi connectivity index (χ3v) is 4.15. The molecular formula is C16H17ClN3O2P. The molecule has 0 aliphatic carbocycles. The van der Waals surface area contributed by atoms with Gasteiger partial charge in [-0.05, 0) is 35.5 Å². The van der Waals surface area contributed by atoms with Gasteiger partial charge in [-0.1, -0.05) is 24.8 Å². The van der Waals surface area contributed by atoms with E-state index in [0.29, 0.717) is 28.2 Å². The highest BCUT2D eigenvalue weighted by molar-refractivity contribution is 7.23. The summed E-state index contributed by atoms with van der Waals surface area (Å²) in [6, 6.07) is 3.43. The van der Waals surface area contributed by atoms with E-state index in [2.05, 4.69) is 32.7 Å². The van der Waals surface area contributed by atoms with E-state index in [4.69, 9.17) is 11.6 Å². The van der Waals surface area contributed by atoms with Crippen molar-refractivity contribution in [3.8, 4) is 0 Å². The van der Waals surface area contributed by atoms with Crippen LogP contribution in [0.25, 0.3) is 5.65 Å². The fourth-order valence-electron chi connectivity index (χ4n) is 2.13. The lowest BCUT2D eigenvalue weighted by Gasteiger charge is -2.15. The quantitative estimate of drug-likeness (QED) is 0.613. The van der Waals surface area contributed by atoms with Crippen LogP contribution < -0.4 is 5.32 Å². The van der Waals surface area contributed by atoms with Gasteiger partial charge in [0.1, 0.15) is 5.65 Å². The number of anilines is 1. The molecule has 0 saturated carbocycles. The van der Waals surface area contributed by atoms with Gasteiger partial charge >= 0.3 is 5.97 Å². The topological polar surface area (TPSA) is 66.6 Å². The number of hydrogen-bond acceptors (Lipinski definition) is 3. The number of hydrogen-bond donors (Lipinski definition) is 2. The number of carboxylic acids is 1. The molecule has 0 saturated heterocycles. The number of carbonyl (C=O) groups is 1. The average Bonchev–Trinajstić information content (AvgIpc) is 2.94. The Morgan fingerprint density at radius 3 is 2.74 bits per heavy atom. The minimum Gasteiger partial charge on any atom is -0.476 e. The van der Waals surface area contributed by atoms with E-state index in [9.17, 15) is 9.90 Å². The molecule has 1 atom stereocenters. The molecule has 0 amide bonds. The van der Waals surface area contributed by atoms with Gasteiger partial charge in [-0.25, -0.2) is 9.78 Å². The predicted octanol–water partition coefficient (Wildman–Crippen LogP) is 3.90. The second kappa shape index (κ2) is 6.99. The number of carboxylic acid groups (broad SMARTS) is 1. The van der Waals surface area contributed by atoms with Crippen molar-refractivity contribution in [1.82, 2.24) is 9.38 Å². The van der Waals surface area contributed by atoms with E-state index in [0.717, 1.165) is 11.1 Å². The normalized spacial score (nSPS) is 12.0. The Bertz CT molecular complexity index is 839. The van der Waals surface area contributed by atoms with Gasteiger partial charge in [-0.15, -0.1) is 9.24 Å². The summed E-state index contributed by atoms with van der Waals surface area (Å²) in [5.41, 5.74) is 2.62. The molecule has 7 heteroatoms. The van der Waals surface area contributed by atoms with Gasteiger partial charge in [0.15, 0.2) is 5.69 Å². The average molecular weight is 350 g/mol. The molecule has 0 radical (unpaired) electrons. The van der Waals surface area contributed by atoms with Gasteiger partial charge in [0.25, 0.3) is 0 Å². The Labute approximate surface area is 141 Å². The second-order valence-electron chi connectivity index (χ2n) is 5.01. The van der Waals surface area contributed by atoms with Gasteiger partial charge in [-0.3, -0.25) is 4.40 Å². The maximum absolute atomic E-state index is 11.6. The zero-order valence-corrected chi connectivity index (χ0v) is 14.5. The van der Waals surface area contributed by atoms with Crippen LogP contribution in [0.2, 0.25) is 0 Å². The lowest BCUT2D eigenvalue weighted by molar-refractivity contribution is 0.0690. The molecule has 120 valence electrons. The Hall–Kier alpha value is -2.10. The van der Waals surface area contributed by atoms with Crippen LogP contribution in [0.4, 0.5) is 5.69 Å². The van der Waals surface area contributed by atoms with E-state index in [1.165, 1.54) is 4.40 Å². The maximum Gasteiger partial charge on any atom is 0.355 e. The van der Waals surface area contributed by atoms with Crippen LogP contribution in [-0.2, 0) is 0 Å². The van der Waals surface area contributed by atoms with Gasteiger partial charge in [0.05, 0.1) is 5.69 Å². The summed E-state index contributed by atoms with van der Waals surface area (Å²) in [4.78, 5) is 15.7. The van der Waals surface area contributed by atoms with Crippen LogP contribution >= 0.6 is 20.8 Å². The zero-order valence-electron chi connectivity index (χ0n) is 12.6. The molecule has 0 spiro atoms. The summed E-state index contributed by atoms with van der Waals surface area (Å²) < 4.78 is 1.52. The highest BCUT2D eigenvalue weighted by Gasteiger charge is 2.16. The minimum absolute atomic E-state index is 0.111. The van der Waals surface area contributed by atoms with E-state index in [-0.39, 0.29) is 5.69 Å². The standard InChI is InChI=1S/C16H17ClN3O2P/c1-9(2)14(17)11(10(3)23)8-19-12-4-5-13-18-6-7-20(13)15(12)16(21)22/h4-7,19H,1,3,8,23H2,2H3,(H,21,22)/b14-11+. The third-order valence-electron chi connectivity index (χ3n) is 3.25. The first-order valence-electron chi connectivity index (χ1n) is 6.75. The first kappa shape index (κ1) is 17.3. The van der Waals surface area contributed by atoms with Crippen LogP contribution in [-0.4, -0.2) is 27.0 Å². The zero-order chi connectivity index (χ0) is 17.1. The minimum atomic E-state index is -1.04.